The van der Waals surface area contributed by atoms with Gasteiger partial charge in [0.1, 0.15) is 5.75 Å². The molecule has 4 nitrogen and oxygen atoms in total. The van der Waals surface area contributed by atoms with Gasteiger partial charge < -0.3 is 16.2 Å². The second kappa shape index (κ2) is 3.57. The zero-order chi connectivity index (χ0) is 9.97. The number of nitrogens with zero attached hydrogens (tertiary/aromatic N) is 1. The molecule has 1 aromatic carbocycles. The molecule has 1 aromatic rings. The van der Waals surface area contributed by atoms with Crippen LogP contribution in [0.4, 0.5) is 0 Å². The molecule has 0 unspecified atom stereocenters. The van der Waals surface area contributed by atoms with Gasteiger partial charge in [-0.05, 0) is 6.07 Å². The smallest absolute Gasteiger partial charge is 0.186 e. The third-order valence-electron chi connectivity index (χ3n) is 2.23. The number of benzene rings is 1. The lowest BCUT2D eigenvalue weighted by Gasteiger charge is -2.22. The van der Waals surface area contributed by atoms with Crippen LogP contribution >= 0.6 is 0 Å². The van der Waals surface area contributed by atoms with Gasteiger partial charge in [0.25, 0.3) is 0 Å². The highest BCUT2D eigenvalue weighted by molar-refractivity contribution is 5.76. The van der Waals surface area contributed by atoms with E-state index in [1.54, 1.807) is 0 Å². The minimum absolute atomic E-state index is 0.0462. The molecular formula is C10H13N3O. The summed E-state index contributed by atoms with van der Waals surface area (Å²) in [6.45, 7) is 0.665. The number of para-hydroxylation sites is 1. The zero-order valence-electron chi connectivity index (χ0n) is 7.81. The van der Waals surface area contributed by atoms with Gasteiger partial charge >= 0.3 is 0 Å². The average molecular weight is 191 g/mol. The highest BCUT2D eigenvalue weighted by Gasteiger charge is 2.19. The first-order chi connectivity index (χ1) is 6.77. The Labute approximate surface area is 82.6 Å². The Bertz CT molecular complexity index is 358. The summed E-state index contributed by atoms with van der Waals surface area (Å²) in [5, 5.41) is 0. The molecule has 4 N–H and O–H groups in total. The van der Waals surface area contributed by atoms with E-state index < -0.39 is 0 Å². The Hall–Kier alpha value is -1.71. The van der Waals surface area contributed by atoms with Crippen LogP contribution in [0, 0.1) is 0 Å². The van der Waals surface area contributed by atoms with Gasteiger partial charge in [-0.25, -0.2) is 4.99 Å². The van der Waals surface area contributed by atoms with Crippen LogP contribution in [0.15, 0.2) is 29.3 Å². The van der Waals surface area contributed by atoms with Crippen LogP contribution in [-0.4, -0.2) is 12.6 Å². The van der Waals surface area contributed by atoms with Crippen LogP contribution in [0.1, 0.15) is 18.0 Å². The molecule has 0 radical (unpaired) electrons. The third kappa shape index (κ3) is 1.64. The molecule has 0 spiro atoms. The maximum absolute atomic E-state index is 5.48. The van der Waals surface area contributed by atoms with E-state index in [-0.39, 0.29) is 12.0 Å². The van der Waals surface area contributed by atoms with E-state index in [0.717, 1.165) is 17.7 Å². The highest BCUT2D eigenvalue weighted by Crippen LogP contribution is 2.33. The molecule has 0 fully saturated rings. The molecule has 4 heteroatoms. The molecular weight excluding hydrogens is 178 g/mol. The number of ether oxygens (including phenoxy) is 1. The summed E-state index contributed by atoms with van der Waals surface area (Å²) in [6, 6.07) is 7.87. The van der Waals surface area contributed by atoms with Crippen molar-refractivity contribution in [1.29, 1.82) is 0 Å². The van der Waals surface area contributed by atoms with E-state index in [1.807, 2.05) is 24.3 Å². The van der Waals surface area contributed by atoms with Crippen LogP contribution in [0.3, 0.4) is 0 Å². The third-order valence-corrected chi connectivity index (χ3v) is 2.23. The number of aliphatic imine (C=N–C) groups is 1. The van der Waals surface area contributed by atoms with Gasteiger partial charge in [-0.15, -0.1) is 0 Å². The first-order valence-corrected chi connectivity index (χ1v) is 4.58. The van der Waals surface area contributed by atoms with E-state index in [9.17, 15) is 0 Å². The van der Waals surface area contributed by atoms with Gasteiger partial charge in [-0.3, -0.25) is 0 Å². The number of rotatable bonds is 1. The van der Waals surface area contributed by atoms with Crippen LogP contribution in [-0.2, 0) is 0 Å². The number of nitrogens with two attached hydrogens (primary N) is 2. The van der Waals surface area contributed by atoms with Crippen molar-refractivity contribution in [2.45, 2.75) is 12.5 Å². The van der Waals surface area contributed by atoms with Gasteiger partial charge in [0, 0.05) is 12.0 Å². The van der Waals surface area contributed by atoms with Gasteiger partial charge in [0.05, 0.1) is 12.6 Å². The van der Waals surface area contributed by atoms with Crippen LogP contribution < -0.4 is 16.2 Å². The molecule has 0 amide bonds. The summed E-state index contributed by atoms with van der Waals surface area (Å²) in [5.74, 6) is 1.01. The second-order valence-electron chi connectivity index (χ2n) is 3.24. The summed E-state index contributed by atoms with van der Waals surface area (Å²) in [5.41, 5.74) is 11.8. The van der Waals surface area contributed by atoms with Crippen LogP contribution in [0.5, 0.6) is 5.75 Å². The summed E-state index contributed by atoms with van der Waals surface area (Å²) >= 11 is 0. The quantitative estimate of drug-likeness (QED) is 0.509. The molecule has 1 heterocycles. The second-order valence-corrected chi connectivity index (χ2v) is 3.24. The Morgan fingerprint density at radius 1 is 1.36 bits per heavy atom. The SMILES string of the molecule is NC(N)=N[C@H]1CCOc2ccccc21. The molecule has 0 saturated carbocycles. The summed E-state index contributed by atoms with van der Waals surface area (Å²) < 4.78 is 5.48. The fourth-order valence-corrected chi connectivity index (χ4v) is 1.64. The molecule has 0 aromatic heterocycles. The Morgan fingerprint density at radius 3 is 2.93 bits per heavy atom. The minimum Gasteiger partial charge on any atom is -0.493 e. The first-order valence-electron chi connectivity index (χ1n) is 4.58. The Balaban J connectivity index is 2.35. The lowest BCUT2D eigenvalue weighted by atomic mass is 10.0. The first kappa shape index (κ1) is 8.87. The topological polar surface area (TPSA) is 73.6 Å². The number of guanidine groups is 1. The lowest BCUT2D eigenvalue weighted by molar-refractivity contribution is 0.269. The fourth-order valence-electron chi connectivity index (χ4n) is 1.64. The van der Waals surface area contributed by atoms with E-state index in [2.05, 4.69) is 4.99 Å². The van der Waals surface area contributed by atoms with Crippen LogP contribution in [0.2, 0.25) is 0 Å². The van der Waals surface area contributed by atoms with Crippen molar-refractivity contribution < 1.29 is 4.74 Å². The minimum atomic E-state index is 0.0462. The summed E-state index contributed by atoms with van der Waals surface area (Å²) in [7, 11) is 0. The monoisotopic (exact) mass is 191 g/mol. The van der Waals surface area contributed by atoms with Gasteiger partial charge in [0.15, 0.2) is 5.96 Å². The molecule has 1 aliphatic rings. The van der Waals surface area contributed by atoms with Crippen molar-refractivity contribution in [2.24, 2.45) is 16.5 Å². The standard InChI is InChI=1S/C10H13N3O/c11-10(12)13-8-5-6-14-9-4-2-1-3-7(8)9/h1-4,8H,5-6H2,(H4,11,12,13)/t8-/m0/s1. The predicted octanol–water partition coefficient (Wildman–Crippen LogP) is 0.784. The number of hydrogen-bond acceptors (Lipinski definition) is 2. The molecule has 14 heavy (non-hydrogen) atoms. The Kier molecular flexibility index (Phi) is 2.26. The normalized spacial score (nSPS) is 19.3. The highest BCUT2D eigenvalue weighted by atomic mass is 16.5. The van der Waals surface area contributed by atoms with E-state index >= 15 is 0 Å². The van der Waals surface area contributed by atoms with Crippen molar-refractivity contribution in [2.75, 3.05) is 6.61 Å². The largest absolute Gasteiger partial charge is 0.493 e. The maximum Gasteiger partial charge on any atom is 0.186 e. The molecule has 0 aliphatic carbocycles. The number of fused-ring (bicyclic) bond motifs is 1. The molecule has 1 aliphatic heterocycles. The lowest BCUT2D eigenvalue weighted by Crippen LogP contribution is -2.25. The molecule has 0 saturated heterocycles. The Morgan fingerprint density at radius 2 is 2.14 bits per heavy atom. The molecule has 1 atom stereocenters. The van der Waals surface area contributed by atoms with Crippen molar-refractivity contribution >= 4 is 5.96 Å². The maximum atomic E-state index is 5.48. The van der Waals surface area contributed by atoms with E-state index in [1.165, 1.54) is 0 Å². The number of hydrogen-bond donors (Lipinski definition) is 2. The summed E-state index contributed by atoms with van der Waals surface area (Å²) in [4.78, 5) is 4.17. The van der Waals surface area contributed by atoms with E-state index in [4.69, 9.17) is 16.2 Å². The van der Waals surface area contributed by atoms with Gasteiger partial charge in [-0.1, -0.05) is 18.2 Å². The summed E-state index contributed by atoms with van der Waals surface area (Å²) in [6.07, 6.45) is 0.828. The van der Waals surface area contributed by atoms with Crippen molar-refractivity contribution in [3.8, 4) is 5.75 Å². The van der Waals surface area contributed by atoms with Crippen molar-refractivity contribution in [1.82, 2.24) is 0 Å². The van der Waals surface area contributed by atoms with E-state index in [0.29, 0.717) is 6.61 Å². The zero-order valence-corrected chi connectivity index (χ0v) is 7.81. The predicted molar refractivity (Wildman–Crippen MR) is 55.1 cm³/mol. The van der Waals surface area contributed by atoms with Crippen molar-refractivity contribution in [3.63, 3.8) is 0 Å². The van der Waals surface area contributed by atoms with Gasteiger partial charge in [0.2, 0.25) is 0 Å². The van der Waals surface area contributed by atoms with Crippen molar-refractivity contribution in [3.05, 3.63) is 29.8 Å². The van der Waals surface area contributed by atoms with Crippen LogP contribution in [0.25, 0.3) is 0 Å². The molecule has 2 rings (SSSR count). The van der Waals surface area contributed by atoms with Gasteiger partial charge in [-0.2, -0.15) is 0 Å². The average Bonchev–Trinajstić information content (AvgIpc) is 2.18. The molecule has 0 bridgehead atoms. The molecule has 74 valence electrons. The fraction of sp³-hybridized carbons (Fsp3) is 0.300.